The monoisotopic (exact) mass is 235 g/mol. The average Bonchev–Trinajstić information content (AvgIpc) is 2.87. The summed E-state index contributed by atoms with van der Waals surface area (Å²) in [6.45, 7) is 9.18. The van der Waals surface area contributed by atoms with E-state index in [4.69, 9.17) is 5.73 Å². The first kappa shape index (κ1) is 13.1. The summed E-state index contributed by atoms with van der Waals surface area (Å²) < 4.78 is 0. The molecule has 2 saturated carbocycles. The number of rotatable bonds is 3. The van der Waals surface area contributed by atoms with Crippen molar-refractivity contribution in [2.45, 2.75) is 71.8 Å². The van der Waals surface area contributed by atoms with Crippen molar-refractivity contribution in [3.05, 3.63) is 11.6 Å². The molecule has 98 valence electrons. The van der Waals surface area contributed by atoms with E-state index >= 15 is 0 Å². The Balaban J connectivity index is 2.01. The topological polar surface area (TPSA) is 26.0 Å². The Hall–Kier alpha value is -0.300. The highest BCUT2D eigenvalue weighted by atomic mass is 14.8. The van der Waals surface area contributed by atoms with Crippen LogP contribution in [0.15, 0.2) is 11.6 Å². The van der Waals surface area contributed by atoms with E-state index in [1.54, 1.807) is 0 Å². The van der Waals surface area contributed by atoms with E-state index in [-0.39, 0.29) is 5.54 Å². The third-order valence-electron chi connectivity index (χ3n) is 5.32. The Morgan fingerprint density at radius 1 is 1.29 bits per heavy atom. The lowest BCUT2D eigenvalue weighted by molar-refractivity contribution is 0.124. The fourth-order valence-corrected chi connectivity index (χ4v) is 4.07. The summed E-state index contributed by atoms with van der Waals surface area (Å²) >= 11 is 0. The van der Waals surface area contributed by atoms with Gasteiger partial charge in [0.25, 0.3) is 0 Å². The molecule has 0 spiro atoms. The van der Waals surface area contributed by atoms with Crippen molar-refractivity contribution >= 4 is 0 Å². The van der Waals surface area contributed by atoms with Crippen LogP contribution >= 0.6 is 0 Å². The molecule has 0 aromatic heterocycles. The Bertz CT molecular complexity index is 311. The van der Waals surface area contributed by atoms with Crippen LogP contribution in [0.1, 0.15) is 66.2 Å². The maximum Gasteiger partial charge on any atom is 0.0159 e. The summed E-state index contributed by atoms with van der Waals surface area (Å²) in [6, 6.07) is 0. The van der Waals surface area contributed by atoms with E-state index in [1.807, 2.05) is 0 Å². The van der Waals surface area contributed by atoms with E-state index in [0.29, 0.717) is 5.41 Å². The van der Waals surface area contributed by atoms with Gasteiger partial charge < -0.3 is 5.73 Å². The molecule has 0 bridgehead atoms. The van der Waals surface area contributed by atoms with Gasteiger partial charge >= 0.3 is 0 Å². The molecule has 0 aromatic carbocycles. The van der Waals surface area contributed by atoms with Gasteiger partial charge in [0.1, 0.15) is 0 Å². The molecule has 0 saturated heterocycles. The van der Waals surface area contributed by atoms with Gasteiger partial charge in [0.05, 0.1) is 0 Å². The second-order valence-corrected chi connectivity index (χ2v) is 7.23. The third-order valence-corrected chi connectivity index (χ3v) is 5.32. The molecular formula is C16H29N. The fourth-order valence-electron chi connectivity index (χ4n) is 4.07. The smallest absolute Gasteiger partial charge is 0.0159 e. The molecule has 4 unspecified atom stereocenters. The van der Waals surface area contributed by atoms with E-state index < -0.39 is 0 Å². The van der Waals surface area contributed by atoms with Crippen molar-refractivity contribution in [2.75, 3.05) is 0 Å². The number of hydrogen-bond donors (Lipinski definition) is 1. The van der Waals surface area contributed by atoms with E-state index in [2.05, 4.69) is 33.8 Å². The summed E-state index contributed by atoms with van der Waals surface area (Å²) in [6.07, 6.45) is 10.4. The summed E-state index contributed by atoms with van der Waals surface area (Å²) in [5.41, 5.74) is 8.64. The first-order valence-corrected chi connectivity index (χ1v) is 7.28. The molecule has 0 amide bonds. The molecule has 2 aliphatic rings. The second-order valence-electron chi connectivity index (χ2n) is 7.23. The van der Waals surface area contributed by atoms with Gasteiger partial charge in [-0.2, -0.15) is 0 Å². The van der Waals surface area contributed by atoms with E-state index in [9.17, 15) is 0 Å². The normalized spacial score (nSPS) is 45.5. The molecule has 0 heterocycles. The minimum Gasteiger partial charge on any atom is -0.325 e. The van der Waals surface area contributed by atoms with Gasteiger partial charge in [-0.3, -0.25) is 0 Å². The molecule has 17 heavy (non-hydrogen) atoms. The highest BCUT2D eigenvalue weighted by molar-refractivity contribution is 5.12. The molecule has 2 aliphatic carbocycles. The maximum atomic E-state index is 6.55. The molecule has 0 aliphatic heterocycles. The standard InChI is InChI=1S/C16H29N/c1-12(2)8-9-13-11-15(13,3)14-7-5-6-10-16(14,4)17/h8,13-14H,5-7,9-11,17H2,1-4H3. The van der Waals surface area contributed by atoms with E-state index in [1.165, 1.54) is 44.1 Å². The van der Waals surface area contributed by atoms with Gasteiger partial charge in [0.2, 0.25) is 0 Å². The first-order valence-electron chi connectivity index (χ1n) is 7.28. The zero-order chi connectivity index (χ0) is 12.7. The van der Waals surface area contributed by atoms with Gasteiger partial charge in [-0.1, -0.05) is 31.4 Å². The van der Waals surface area contributed by atoms with Gasteiger partial charge in [0.15, 0.2) is 0 Å². The largest absolute Gasteiger partial charge is 0.325 e. The Labute approximate surface area is 107 Å². The number of allylic oxidation sites excluding steroid dienone is 2. The second kappa shape index (κ2) is 4.42. The van der Waals surface area contributed by atoms with Crippen molar-refractivity contribution < 1.29 is 0 Å². The zero-order valence-corrected chi connectivity index (χ0v) is 12.1. The Morgan fingerprint density at radius 2 is 2.00 bits per heavy atom. The highest BCUT2D eigenvalue weighted by Crippen LogP contribution is 2.63. The van der Waals surface area contributed by atoms with Crippen molar-refractivity contribution in [1.82, 2.24) is 0 Å². The number of nitrogens with two attached hydrogens (primary N) is 1. The van der Waals surface area contributed by atoms with Crippen molar-refractivity contribution in [3.63, 3.8) is 0 Å². The van der Waals surface area contributed by atoms with Crippen molar-refractivity contribution in [3.8, 4) is 0 Å². The van der Waals surface area contributed by atoms with Crippen molar-refractivity contribution in [1.29, 1.82) is 0 Å². The average molecular weight is 235 g/mol. The zero-order valence-electron chi connectivity index (χ0n) is 12.1. The first-order chi connectivity index (χ1) is 7.86. The van der Waals surface area contributed by atoms with Crippen LogP contribution in [0.4, 0.5) is 0 Å². The van der Waals surface area contributed by atoms with Crippen LogP contribution in [0.2, 0.25) is 0 Å². The molecule has 4 atom stereocenters. The van der Waals surface area contributed by atoms with Gasteiger partial charge in [0, 0.05) is 5.54 Å². The summed E-state index contributed by atoms with van der Waals surface area (Å²) in [4.78, 5) is 0. The highest BCUT2D eigenvalue weighted by Gasteiger charge is 2.58. The lowest BCUT2D eigenvalue weighted by Gasteiger charge is -2.43. The van der Waals surface area contributed by atoms with Gasteiger partial charge in [-0.05, 0) is 63.7 Å². The molecule has 1 nitrogen and oxygen atoms in total. The van der Waals surface area contributed by atoms with Gasteiger partial charge in [-0.15, -0.1) is 0 Å². The van der Waals surface area contributed by atoms with Crippen LogP contribution in [0.5, 0.6) is 0 Å². The predicted octanol–water partition coefficient (Wildman–Crippen LogP) is 4.28. The molecule has 2 fully saturated rings. The van der Waals surface area contributed by atoms with Crippen LogP contribution in [0, 0.1) is 17.3 Å². The summed E-state index contributed by atoms with van der Waals surface area (Å²) in [5.74, 6) is 1.64. The van der Waals surface area contributed by atoms with Crippen LogP contribution in [0.25, 0.3) is 0 Å². The maximum absolute atomic E-state index is 6.55. The van der Waals surface area contributed by atoms with Crippen LogP contribution in [-0.2, 0) is 0 Å². The fraction of sp³-hybridized carbons (Fsp3) is 0.875. The molecule has 2 N–H and O–H groups in total. The lowest BCUT2D eigenvalue weighted by Crippen LogP contribution is -2.49. The Kier molecular flexibility index (Phi) is 3.42. The minimum absolute atomic E-state index is 0.0900. The van der Waals surface area contributed by atoms with E-state index in [0.717, 1.165) is 11.8 Å². The lowest BCUT2D eigenvalue weighted by atomic mass is 9.66. The molecule has 0 aromatic rings. The molecule has 0 radical (unpaired) electrons. The SMILES string of the molecule is CC(C)=CCC1CC1(C)C1CCCCC1(C)N. The Morgan fingerprint density at radius 3 is 2.59 bits per heavy atom. The van der Waals surface area contributed by atoms with Crippen LogP contribution in [-0.4, -0.2) is 5.54 Å². The molecular weight excluding hydrogens is 206 g/mol. The third kappa shape index (κ3) is 2.59. The van der Waals surface area contributed by atoms with Crippen LogP contribution in [0.3, 0.4) is 0 Å². The predicted molar refractivity (Wildman–Crippen MR) is 74.8 cm³/mol. The summed E-state index contributed by atoms with van der Waals surface area (Å²) in [7, 11) is 0. The molecule has 1 heteroatoms. The minimum atomic E-state index is 0.0900. The van der Waals surface area contributed by atoms with Crippen LogP contribution < -0.4 is 5.73 Å². The number of hydrogen-bond acceptors (Lipinski definition) is 1. The quantitative estimate of drug-likeness (QED) is 0.726. The van der Waals surface area contributed by atoms with Gasteiger partial charge in [-0.25, -0.2) is 0 Å². The summed E-state index contributed by atoms with van der Waals surface area (Å²) in [5, 5.41) is 0. The van der Waals surface area contributed by atoms with Crippen molar-refractivity contribution in [2.24, 2.45) is 23.0 Å². The molecule has 2 rings (SSSR count).